The zero-order valence-electron chi connectivity index (χ0n) is 55.5. The van der Waals surface area contributed by atoms with E-state index in [1.54, 1.807) is 0 Å². The molecule has 3 N–H and O–H groups in total. The second-order valence-corrected chi connectivity index (χ2v) is 25.6. The Morgan fingerprint density at radius 3 is 0.976 bits per heavy atom. The number of hydrogen-bond donors (Lipinski definition) is 3. The van der Waals surface area contributed by atoms with Crippen molar-refractivity contribution in [3.8, 4) is 0 Å². The summed E-state index contributed by atoms with van der Waals surface area (Å²) in [5.41, 5.74) is 0. The van der Waals surface area contributed by atoms with E-state index in [1.807, 2.05) is 0 Å². The number of amides is 1. The van der Waals surface area contributed by atoms with Gasteiger partial charge in [-0.15, -0.1) is 0 Å². The van der Waals surface area contributed by atoms with Crippen LogP contribution >= 0.6 is 0 Å². The van der Waals surface area contributed by atoms with Gasteiger partial charge in [-0.2, -0.15) is 0 Å². The Kier molecular flexibility index (Phi) is 69.9. The maximum absolute atomic E-state index is 12.5. The monoisotopic (exact) mass is 1150 g/mol. The fourth-order valence-corrected chi connectivity index (χ4v) is 11.7. The number of esters is 1. The van der Waals surface area contributed by atoms with E-state index in [1.165, 1.54) is 327 Å². The predicted octanol–water partition coefficient (Wildman–Crippen LogP) is 24.3. The van der Waals surface area contributed by atoms with Crippen molar-refractivity contribution in [3.63, 3.8) is 0 Å². The lowest BCUT2D eigenvalue weighted by molar-refractivity contribution is -0.143. The van der Waals surface area contributed by atoms with Crippen molar-refractivity contribution < 1.29 is 24.5 Å². The molecule has 0 aliphatic heterocycles. The summed E-state index contributed by atoms with van der Waals surface area (Å²) in [4.78, 5) is 24.5. The van der Waals surface area contributed by atoms with Crippen LogP contribution in [0.15, 0.2) is 36.5 Å². The molecule has 6 nitrogen and oxygen atoms in total. The summed E-state index contributed by atoms with van der Waals surface area (Å²) < 4.78 is 5.47. The van der Waals surface area contributed by atoms with Crippen molar-refractivity contribution in [1.29, 1.82) is 0 Å². The fraction of sp³-hybridized carbons (Fsp3) is 0.895. The Bertz CT molecular complexity index is 1330. The molecule has 2 atom stereocenters. The summed E-state index contributed by atoms with van der Waals surface area (Å²) in [6.07, 6.45) is 92.2. The minimum Gasteiger partial charge on any atom is -0.466 e. The van der Waals surface area contributed by atoms with Crippen molar-refractivity contribution in [2.24, 2.45) is 0 Å². The standard InChI is InChI=1S/C76H145NO5/c1-3-5-7-9-11-13-15-16-17-18-36-39-42-45-49-52-56-60-64-68-74(79)73(72-78)77-75(80)69-65-61-57-53-50-46-43-40-37-34-32-30-28-26-24-22-20-19-21-23-25-27-29-31-33-35-38-41-44-47-51-55-59-63-67-71-82-76(81)70-66-62-58-54-48-14-12-10-8-6-4-2/h10,12,21,23,27,29,73-74,78-79H,3-9,11,13-20,22,24-26,28,30-72H2,1-2H3,(H,77,80)/b12-10-,23-21-,29-27-. The van der Waals surface area contributed by atoms with Gasteiger partial charge in [0.2, 0.25) is 5.91 Å². The molecule has 0 aliphatic carbocycles. The van der Waals surface area contributed by atoms with Gasteiger partial charge < -0.3 is 20.3 Å². The molecule has 0 saturated carbocycles. The third-order valence-electron chi connectivity index (χ3n) is 17.4. The first-order valence-corrected chi connectivity index (χ1v) is 37.2. The molecule has 484 valence electrons. The topological polar surface area (TPSA) is 95.9 Å². The number of ether oxygens (including phenoxy) is 1. The van der Waals surface area contributed by atoms with Crippen molar-refractivity contribution in [2.45, 2.75) is 424 Å². The van der Waals surface area contributed by atoms with Gasteiger partial charge in [0.25, 0.3) is 0 Å². The second-order valence-electron chi connectivity index (χ2n) is 25.6. The van der Waals surface area contributed by atoms with Gasteiger partial charge in [-0.3, -0.25) is 9.59 Å². The molecule has 0 bridgehead atoms. The first kappa shape index (κ1) is 80.1. The van der Waals surface area contributed by atoms with Crippen LogP contribution in [0.2, 0.25) is 0 Å². The van der Waals surface area contributed by atoms with Gasteiger partial charge in [-0.05, 0) is 77.0 Å². The summed E-state index contributed by atoms with van der Waals surface area (Å²) in [5, 5.41) is 23.4. The van der Waals surface area contributed by atoms with E-state index in [-0.39, 0.29) is 18.5 Å². The third kappa shape index (κ3) is 67.2. The number of allylic oxidation sites excluding steroid dienone is 6. The SMILES string of the molecule is CCCC/C=C\CCCCCCCC(=O)OCCCCCCCCCCCCC/C=C\C/C=C\CCCCCCCCCCCCCCCCCCCC(=O)NC(CO)C(O)CCCCCCCCCCCCCCCCCCCCC. The second kappa shape index (κ2) is 71.6. The van der Waals surface area contributed by atoms with E-state index in [4.69, 9.17) is 4.74 Å². The van der Waals surface area contributed by atoms with Crippen LogP contribution in [-0.4, -0.2) is 47.4 Å². The Hall–Kier alpha value is -1.92. The number of carbonyl (C=O) groups excluding carboxylic acids is 2. The highest BCUT2D eigenvalue weighted by atomic mass is 16.5. The van der Waals surface area contributed by atoms with E-state index < -0.39 is 12.1 Å². The molecule has 0 spiro atoms. The molecule has 0 heterocycles. The van der Waals surface area contributed by atoms with Crippen molar-refractivity contribution in [2.75, 3.05) is 13.2 Å². The van der Waals surface area contributed by atoms with Crippen LogP contribution in [-0.2, 0) is 14.3 Å². The number of hydrogen-bond acceptors (Lipinski definition) is 5. The van der Waals surface area contributed by atoms with Crippen LogP contribution in [0, 0.1) is 0 Å². The molecule has 0 rings (SSSR count). The van der Waals surface area contributed by atoms with Crippen molar-refractivity contribution in [1.82, 2.24) is 5.32 Å². The highest BCUT2D eigenvalue weighted by Crippen LogP contribution is 2.19. The van der Waals surface area contributed by atoms with Gasteiger partial charge in [0.1, 0.15) is 0 Å². The van der Waals surface area contributed by atoms with Gasteiger partial charge in [0.05, 0.1) is 25.4 Å². The third-order valence-corrected chi connectivity index (χ3v) is 17.4. The molecular weight excluding hydrogens is 1010 g/mol. The quantitative estimate of drug-likeness (QED) is 0.0320. The van der Waals surface area contributed by atoms with Crippen molar-refractivity contribution >= 4 is 11.9 Å². The lowest BCUT2D eigenvalue weighted by Gasteiger charge is -2.22. The molecule has 82 heavy (non-hydrogen) atoms. The molecule has 1 amide bonds. The molecule has 0 radical (unpaired) electrons. The molecule has 0 aliphatic rings. The lowest BCUT2D eigenvalue weighted by atomic mass is 10.0. The molecule has 0 saturated heterocycles. The fourth-order valence-electron chi connectivity index (χ4n) is 11.7. The summed E-state index contributed by atoms with van der Waals surface area (Å²) in [6.45, 7) is 4.95. The Morgan fingerprint density at radius 2 is 0.622 bits per heavy atom. The number of unbranched alkanes of at least 4 members (excludes halogenated alkanes) is 53. The predicted molar refractivity (Wildman–Crippen MR) is 361 cm³/mol. The highest BCUT2D eigenvalue weighted by Gasteiger charge is 2.20. The van der Waals surface area contributed by atoms with Crippen LogP contribution in [0.3, 0.4) is 0 Å². The van der Waals surface area contributed by atoms with Gasteiger partial charge in [-0.25, -0.2) is 0 Å². The summed E-state index contributed by atoms with van der Waals surface area (Å²) in [7, 11) is 0. The maximum atomic E-state index is 12.5. The molecule has 0 aromatic carbocycles. The lowest BCUT2D eigenvalue weighted by Crippen LogP contribution is -2.45. The van der Waals surface area contributed by atoms with E-state index in [9.17, 15) is 19.8 Å². The molecule has 0 fully saturated rings. The highest BCUT2D eigenvalue weighted by molar-refractivity contribution is 5.76. The number of aliphatic hydroxyl groups excluding tert-OH is 2. The first-order chi connectivity index (χ1) is 40.5. The number of aliphatic hydroxyl groups is 2. The van der Waals surface area contributed by atoms with Crippen LogP contribution in [0.4, 0.5) is 0 Å². The summed E-state index contributed by atoms with van der Waals surface area (Å²) in [5.74, 6) is -0.0225. The Labute approximate surface area is 513 Å². The van der Waals surface area contributed by atoms with Crippen LogP contribution in [0.5, 0.6) is 0 Å². The molecular formula is C76H145NO5. The number of rotatable bonds is 70. The average Bonchev–Trinajstić information content (AvgIpc) is 3.48. The first-order valence-electron chi connectivity index (χ1n) is 37.2. The molecule has 0 aromatic heterocycles. The van der Waals surface area contributed by atoms with Gasteiger partial charge in [0, 0.05) is 12.8 Å². The van der Waals surface area contributed by atoms with Gasteiger partial charge >= 0.3 is 5.97 Å². The van der Waals surface area contributed by atoms with Crippen molar-refractivity contribution in [3.05, 3.63) is 36.5 Å². The normalized spacial score (nSPS) is 12.7. The van der Waals surface area contributed by atoms with Crippen LogP contribution < -0.4 is 5.32 Å². The van der Waals surface area contributed by atoms with Gasteiger partial charge in [-0.1, -0.05) is 359 Å². The van der Waals surface area contributed by atoms with E-state index in [2.05, 4.69) is 55.6 Å². The summed E-state index contributed by atoms with van der Waals surface area (Å²) >= 11 is 0. The number of carbonyl (C=O) groups is 2. The minimum atomic E-state index is -0.663. The average molecular weight is 1150 g/mol. The van der Waals surface area contributed by atoms with E-state index in [0.29, 0.717) is 25.9 Å². The zero-order chi connectivity index (χ0) is 59.2. The van der Waals surface area contributed by atoms with Crippen LogP contribution in [0.25, 0.3) is 0 Å². The smallest absolute Gasteiger partial charge is 0.305 e. The number of nitrogens with one attached hydrogen (secondary N) is 1. The van der Waals surface area contributed by atoms with Gasteiger partial charge in [0.15, 0.2) is 0 Å². The largest absolute Gasteiger partial charge is 0.466 e. The van der Waals surface area contributed by atoms with E-state index >= 15 is 0 Å². The Morgan fingerprint density at radius 1 is 0.341 bits per heavy atom. The molecule has 0 aromatic rings. The molecule has 6 heteroatoms. The minimum absolute atomic E-state index is 0.00600. The van der Waals surface area contributed by atoms with E-state index in [0.717, 1.165) is 51.4 Å². The summed E-state index contributed by atoms with van der Waals surface area (Å²) in [6, 6.07) is -0.540. The Balaban J connectivity index is 3.37. The maximum Gasteiger partial charge on any atom is 0.305 e. The zero-order valence-corrected chi connectivity index (χ0v) is 55.5. The molecule has 2 unspecified atom stereocenters. The van der Waals surface area contributed by atoms with Crippen LogP contribution in [0.1, 0.15) is 412 Å².